The summed E-state index contributed by atoms with van der Waals surface area (Å²) in [7, 11) is -1.86. The molecule has 1 saturated heterocycles. The van der Waals surface area contributed by atoms with Crippen molar-refractivity contribution >= 4 is 34.0 Å². The number of nitrogens with zero attached hydrogens (tertiary/aromatic N) is 3. The third kappa shape index (κ3) is 4.17. The molecule has 0 aliphatic carbocycles. The summed E-state index contributed by atoms with van der Waals surface area (Å²) in [5.74, 6) is -0.230. The molecule has 0 saturated carbocycles. The fourth-order valence-electron chi connectivity index (χ4n) is 2.89. The van der Waals surface area contributed by atoms with Crippen molar-refractivity contribution in [3.8, 4) is 0 Å². The zero-order valence-corrected chi connectivity index (χ0v) is 16.0. The van der Waals surface area contributed by atoms with Crippen LogP contribution in [0.1, 0.15) is 23.2 Å². The summed E-state index contributed by atoms with van der Waals surface area (Å²) >= 11 is 0. The van der Waals surface area contributed by atoms with Gasteiger partial charge in [0.25, 0.3) is 5.91 Å². The average molecular weight is 400 g/mol. The number of rotatable bonds is 4. The Bertz CT molecular complexity index is 876. The van der Waals surface area contributed by atoms with Gasteiger partial charge in [-0.05, 0) is 25.0 Å². The molecule has 1 aliphatic heterocycles. The molecule has 2 heterocycles. The van der Waals surface area contributed by atoms with Gasteiger partial charge in [0, 0.05) is 38.1 Å². The van der Waals surface area contributed by atoms with Gasteiger partial charge in [-0.15, -0.1) is 12.4 Å². The Balaban J connectivity index is 0.00000243. The number of carbonyl (C=O) groups excluding carboxylic acids is 1. The van der Waals surface area contributed by atoms with Crippen LogP contribution < -0.4 is 11.1 Å². The van der Waals surface area contributed by atoms with Crippen molar-refractivity contribution in [1.82, 2.24) is 19.4 Å². The number of para-hydroxylation sites is 1. The van der Waals surface area contributed by atoms with E-state index in [4.69, 9.17) is 5.73 Å². The number of hydrogen-bond donors (Lipinski definition) is 2. The van der Waals surface area contributed by atoms with Crippen molar-refractivity contribution in [3.63, 3.8) is 0 Å². The van der Waals surface area contributed by atoms with E-state index in [-0.39, 0.29) is 29.3 Å². The van der Waals surface area contributed by atoms with E-state index in [0.717, 1.165) is 0 Å². The second-order valence-corrected chi connectivity index (χ2v) is 8.03. The van der Waals surface area contributed by atoms with E-state index < -0.39 is 10.0 Å². The highest BCUT2D eigenvalue weighted by atomic mass is 35.5. The Morgan fingerprint density at radius 1 is 1.27 bits per heavy atom. The summed E-state index contributed by atoms with van der Waals surface area (Å²) in [5, 5.41) is 6.85. The van der Waals surface area contributed by atoms with Crippen LogP contribution in [-0.2, 0) is 17.1 Å². The summed E-state index contributed by atoms with van der Waals surface area (Å²) < 4.78 is 28.0. The summed E-state index contributed by atoms with van der Waals surface area (Å²) in [5.41, 5.74) is 6.68. The number of hydrogen-bond acceptors (Lipinski definition) is 5. The molecule has 0 bridgehead atoms. The number of sulfonamides is 1. The lowest BCUT2D eigenvalue weighted by molar-refractivity contribution is 0.0924. The monoisotopic (exact) mass is 399 g/mol. The van der Waals surface area contributed by atoms with Crippen molar-refractivity contribution in [2.45, 2.75) is 23.8 Å². The van der Waals surface area contributed by atoms with Crippen LogP contribution in [0, 0.1) is 0 Å². The molecule has 3 rings (SSSR count). The quantitative estimate of drug-likeness (QED) is 0.745. The van der Waals surface area contributed by atoms with Gasteiger partial charge in [-0.25, -0.2) is 8.42 Å². The molecule has 1 fully saturated rings. The summed E-state index contributed by atoms with van der Waals surface area (Å²) in [6.07, 6.45) is 3.94. The second-order valence-electron chi connectivity index (χ2n) is 6.09. The van der Waals surface area contributed by atoms with Gasteiger partial charge in [0.1, 0.15) is 4.90 Å². The van der Waals surface area contributed by atoms with Gasteiger partial charge in [0.2, 0.25) is 10.0 Å². The number of benzene rings is 1. The molecule has 10 heteroatoms. The minimum atomic E-state index is -3.53. The summed E-state index contributed by atoms with van der Waals surface area (Å²) in [6, 6.07) is 6.81. The van der Waals surface area contributed by atoms with Crippen LogP contribution in [0.5, 0.6) is 0 Å². The number of halogens is 1. The molecule has 1 aliphatic rings. The highest BCUT2D eigenvalue weighted by Crippen LogP contribution is 2.21. The van der Waals surface area contributed by atoms with E-state index in [2.05, 4.69) is 10.4 Å². The van der Waals surface area contributed by atoms with Crippen LogP contribution >= 0.6 is 12.4 Å². The number of piperidine rings is 1. The molecule has 0 atom stereocenters. The number of amides is 1. The molecule has 1 aromatic heterocycles. The van der Waals surface area contributed by atoms with E-state index in [9.17, 15) is 13.2 Å². The number of carbonyl (C=O) groups is 1. The lowest BCUT2D eigenvalue weighted by Crippen LogP contribution is -2.46. The van der Waals surface area contributed by atoms with E-state index in [1.165, 1.54) is 21.4 Å². The van der Waals surface area contributed by atoms with E-state index in [1.54, 1.807) is 31.3 Å². The van der Waals surface area contributed by atoms with Crippen molar-refractivity contribution in [1.29, 1.82) is 0 Å². The molecule has 1 aromatic carbocycles. The first-order valence-corrected chi connectivity index (χ1v) is 9.46. The molecule has 0 radical (unpaired) electrons. The van der Waals surface area contributed by atoms with Crippen molar-refractivity contribution < 1.29 is 13.2 Å². The van der Waals surface area contributed by atoms with Gasteiger partial charge >= 0.3 is 0 Å². The molecule has 1 amide bonds. The number of nitrogen functional groups attached to an aromatic ring is 1. The van der Waals surface area contributed by atoms with Crippen LogP contribution in [0.2, 0.25) is 0 Å². The first-order chi connectivity index (χ1) is 11.9. The fraction of sp³-hybridized carbons (Fsp3) is 0.375. The van der Waals surface area contributed by atoms with Crippen molar-refractivity contribution in [2.75, 3.05) is 18.8 Å². The van der Waals surface area contributed by atoms with Crippen LogP contribution in [0.15, 0.2) is 41.6 Å². The maximum atomic E-state index is 12.6. The molecule has 0 unspecified atom stereocenters. The Labute approximate surface area is 158 Å². The molecule has 2 aromatic rings. The average Bonchev–Trinajstić information content (AvgIpc) is 3.03. The highest BCUT2D eigenvalue weighted by Gasteiger charge is 2.31. The summed E-state index contributed by atoms with van der Waals surface area (Å²) in [4.78, 5) is 12.5. The Hall–Kier alpha value is -2.10. The first-order valence-electron chi connectivity index (χ1n) is 8.02. The molecular weight excluding hydrogens is 378 g/mol. The van der Waals surface area contributed by atoms with Gasteiger partial charge in [-0.2, -0.15) is 9.40 Å². The number of nitrogens with one attached hydrogen (secondary N) is 1. The number of aromatic nitrogens is 2. The Morgan fingerprint density at radius 2 is 1.92 bits per heavy atom. The van der Waals surface area contributed by atoms with Gasteiger partial charge < -0.3 is 11.1 Å². The third-order valence-electron chi connectivity index (χ3n) is 4.31. The highest BCUT2D eigenvalue weighted by molar-refractivity contribution is 7.89. The topological polar surface area (TPSA) is 110 Å². The Morgan fingerprint density at radius 3 is 2.50 bits per heavy atom. The van der Waals surface area contributed by atoms with Crippen LogP contribution in [-0.4, -0.2) is 47.5 Å². The predicted molar refractivity (Wildman–Crippen MR) is 101 cm³/mol. The largest absolute Gasteiger partial charge is 0.398 e. The fourth-order valence-corrected chi connectivity index (χ4v) is 4.34. The molecule has 8 nitrogen and oxygen atoms in total. The Kier molecular flexibility index (Phi) is 6.27. The molecule has 26 heavy (non-hydrogen) atoms. The number of nitrogens with two attached hydrogens (primary N) is 1. The van der Waals surface area contributed by atoms with Gasteiger partial charge in [-0.1, -0.05) is 12.1 Å². The molecule has 3 N–H and O–H groups in total. The van der Waals surface area contributed by atoms with Gasteiger partial charge in [-0.3, -0.25) is 9.48 Å². The summed E-state index contributed by atoms with van der Waals surface area (Å²) in [6.45, 7) is 0.707. The SMILES string of the molecule is Cl.Cn1cc(S(=O)(=O)N2CCC(NC(=O)c3ccccc3N)CC2)cn1. The first kappa shape index (κ1) is 20.2. The van der Waals surface area contributed by atoms with Crippen LogP contribution in [0.25, 0.3) is 0 Å². The molecule has 0 spiro atoms. The van der Waals surface area contributed by atoms with Gasteiger partial charge in [0.15, 0.2) is 0 Å². The number of anilines is 1. The zero-order valence-electron chi connectivity index (χ0n) is 14.3. The molecule has 142 valence electrons. The smallest absolute Gasteiger partial charge is 0.253 e. The van der Waals surface area contributed by atoms with Crippen molar-refractivity contribution in [3.05, 3.63) is 42.2 Å². The zero-order chi connectivity index (χ0) is 18.0. The maximum Gasteiger partial charge on any atom is 0.253 e. The third-order valence-corrected chi connectivity index (χ3v) is 6.17. The standard InChI is InChI=1S/C16H21N5O3S.ClH/c1-20-11-13(10-18-20)25(23,24)21-8-6-12(7-9-21)19-16(22)14-4-2-3-5-15(14)17;/h2-5,10-12H,6-9,17H2,1H3,(H,19,22);1H. The number of aryl methyl sites for hydroxylation is 1. The second kappa shape index (κ2) is 8.07. The van der Waals surface area contributed by atoms with Crippen LogP contribution in [0.4, 0.5) is 5.69 Å². The minimum Gasteiger partial charge on any atom is -0.398 e. The van der Waals surface area contributed by atoms with Crippen LogP contribution in [0.3, 0.4) is 0 Å². The predicted octanol–water partition coefficient (Wildman–Crippen LogP) is 1.01. The van der Waals surface area contributed by atoms with Gasteiger partial charge in [0.05, 0.1) is 11.8 Å². The maximum absolute atomic E-state index is 12.6. The van der Waals surface area contributed by atoms with E-state index in [1.807, 2.05) is 0 Å². The van der Waals surface area contributed by atoms with E-state index in [0.29, 0.717) is 37.2 Å². The minimum absolute atomic E-state index is 0. The lowest BCUT2D eigenvalue weighted by atomic mass is 10.1. The molecular formula is C16H22ClN5O3S. The lowest BCUT2D eigenvalue weighted by Gasteiger charge is -2.31. The normalized spacial score (nSPS) is 16.0. The van der Waals surface area contributed by atoms with E-state index >= 15 is 0 Å². The van der Waals surface area contributed by atoms with Crippen molar-refractivity contribution in [2.24, 2.45) is 7.05 Å².